The van der Waals surface area contributed by atoms with Crippen LogP contribution in [0.5, 0.6) is 0 Å². The first-order chi connectivity index (χ1) is 13.7. The van der Waals surface area contributed by atoms with Gasteiger partial charge in [-0.2, -0.15) is 0 Å². The summed E-state index contributed by atoms with van der Waals surface area (Å²) in [7, 11) is 0. The molecule has 4 heterocycles. The molecule has 0 saturated carbocycles. The van der Waals surface area contributed by atoms with Crippen molar-refractivity contribution in [3.63, 3.8) is 0 Å². The van der Waals surface area contributed by atoms with E-state index >= 15 is 0 Å². The Kier molecular flexibility index (Phi) is 4.28. The Balaban J connectivity index is 1.49. The van der Waals surface area contributed by atoms with Crippen LogP contribution in [-0.4, -0.2) is 32.5 Å². The van der Waals surface area contributed by atoms with Gasteiger partial charge in [-0.15, -0.1) is 0 Å². The zero-order valence-electron chi connectivity index (χ0n) is 15.5. The molecule has 2 bridgehead atoms. The second-order valence-corrected chi connectivity index (χ2v) is 7.83. The number of piperidine rings is 1. The molecule has 0 spiro atoms. The lowest BCUT2D eigenvalue weighted by molar-refractivity contribution is 0.114. The number of halogens is 1. The summed E-state index contributed by atoms with van der Waals surface area (Å²) in [5.74, 6) is 0.533. The van der Waals surface area contributed by atoms with Crippen LogP contribution >= 0.6 is 0 Å². The average Bonchev–Trinajstić information content (AvgIpc) is 2.71. The summed E-state index contributed by atoms with van der Waals surface area (Å²) in [6, 6.07) is 10.3. The van der Waals surface area contributed by atoms with Crippen LogP contribution in [0.25, 0.3) is 11.1 Å². The third-order valence-corrected chi connectivity index (χ3v) is 5.86. The first kappa shape index (κ1) is 17.3. The van der Waals surface area contributed by atoms with Crippen molar-refractivity contribution < 1.29 is 4.39 Å². The molecule has 1 saturated heterocycles. The molecule has 0 unspecified atom stereocenters. The van der Waals surface area contributed by atoms with E-state index < -0.39 is 0 Å². The fourth-order valence-electron chi connectivity index (χ4n) is 4.77. The number of aromatic nitrogens is 3. The normalized spacial score (nSPS) is 21.3. The van der Waals surface area contributed by atoms with E-state index in [0.29, 0.717) is 5.92 Å². The monoisotopic (exact) mass is 376 g/mol. The van der Waals surface area contributed by atoms with Crippen LogP contribution in [0.3, 0.4) is 0 Å². The summed E-state index contributed by atoms with van der Waals surface area (Å²) in [5, 5.41) is 0. The van der Waals surface area contributed by atoms with Gasteiger partial charge in [0.15, 0.2) is 0 Å². The molecular weight excluding hydrogens is 355 g/mol. The first-order valence-corrected chi connectivity index (χ1v) is 9.63. The summed E-state index contributed by atoms with van der Waals surface area (Å²) in [5.41, 5.74) is 4.27. The van der Waals surface area contributed by atoms with E-state index in [2.05, 4.69) is 14.9 Å². The summed E-state index contributed by atoms with van der Waals surface area (Å²) in [6.45, 7) is 3.39. The lowest BCUT2D eigenvalue weighted by Gasteiger charge is -2.43. The zero-order chi connectivity index (χ0) is 19.1. The van der Waals surface area contributed by atoms with Crippen molar-refractivity contribution in [1.29, 1.82) is 0 Å². The number of benzene rings is 1. The Labute approximate surface area is 162 Å². The molecule has 0 amide bonds. The van der Waals surface area contributed by atoms with Crippen molar-refractivity contribution in [1.82, 2.24) is 19.4 Å². The van der Waals surface area contributed by atoms with Crippen LogP contribution in [0.1, 0.15) is 23.6 Å². The van der Waals surface area contributed by atoms with E-state index in [1.807, 2.05) is 22.8 Å². The summed E-state index contributed by atoms with van der Waals surface area (Å²) in [6.07, 6.45) is 6.22. The molecule has 2 aromatic heterocycles. The Bertz CT molecular complexity index is 1050. The van der Waals surface area contributed by atoms with Crippen LogP contribution < -0.4 is 5.56 Å². The molecule has 1 aromatic carbocycles. The number of pyridine rings is 1. The predicted molar refractivity (Wildman–Crippen MR) is 104 cm³/mol. The summed E-state index contributed by atoms with van der Waals surface area (Å²) in [4.78, 5) is 23.3. The SMILES string of the molecule is O=c1ccc(-c2cncnc2)c2n1C[C@H]1C[C@@H]2CN(Cc2ccc(F)cc2)C1. The van der Waals surface area contributed by atoms with E-state index in [-0.39, 0.29) is 17.3 Å². The maximum absolute atomic E-state index is 13.2. The van der Waals surface area contributed by atoms with Crippen molar-refractivity contribution in [3.8, 4) is 11.1 Å². The van der Waals surface area contributed by atoms with Gasteiger partial charge in [0.2, 0.25) is 0 Å². The Morgan fingerprint density at radius 2 is 1.79 bits per heavy atom. The minimum absolute atomic E-state index is 0.0669. The number of likely N-dealkylation sites (tertiary alicyclic amines) is 1. The number of rotatable bonds is 3. The minimum atomic E-state index is -0.206. The molecule has 2 aliphatic heterocycles. The van der Waals surface area contributed by atoms with Gasteiger partial charge in [-0.3, -0.25) is 9.69 Å². The molecule has 142 valence electrons. The third kappa shape index (κ3) is 3.14. The molecule has 6 heteroatoms. The predicted octanol–water partition coefficient (Wildman–Crippen LogP) is 3.06. The summed E-state index contributed by atoms with van der Waals surface area (Å²) < 4.78 is 15.2. The molecule has 0 radical (unpaired) electrons. The van der Waals surface area contributed by atoms with Crippen LogP contribution in [-0.2, 0) is 13.1 Å². The maximum Gasteiger partial charge on any atom is 0.250 e. The van der Waals surface area contributed by atoms with Crippen LogP contribution in [0.2, 0.25) is 0 Å². The lowest BCUT2D eigenvalue weighted by Crippen LogP contribution is -2.47. The number of nitrogens with zero attached hydrogens (tertiary/aromatic N) is 4. The highest BCUT2D eigenvalue weighted by molar-refractivity contribution is 5.65. The summed E-state index contributed by atoms with van der Waals surface area (Å²) >= 11 is 0. The second kappa shape index (κ2) is 6.95. The smallest absolute Gasteiger partial charge is 0.250 e. The lowest BCUT2D eigenvalue weighted by atomic mass is 9.80. The van der Waals surface area contributed by atoms with E-state index in [1.54, 1.807) is 18.5 Å². The largest absolute Gasteiger partial charge is 0.311 e. The van der Waals surface area contributed by atoms with Crippen molar-refractivity contribution in [2.45, 2.75) is 25.4 Å². The molecule has 2 aliphatic rings. The standard InChI is InChI=1S/C22H21FN4O/c23-19-3-1-15(2-4-19)10-26-11-16-7-17(13-26)22-20(18-8-24-14-25-9-18)5-6-21(28)27(22)12-16/h1-6,8-9,14,16-17H,7,10-13H2/t16-,17+/m0/s1. The Morgan fingerprint density at radius 1 is 1.00 bits per heavy atom. The van der Waals surface area contributed by atoms with Crippen molar-refractivity contribution in [3.05, 3.63) is 82.5 Å². The molecule has 5 nitrogen and oxygen atoms in total. The van der Waals surface area contributed by atoms with Gasteiger partial charge >= 0.3 is 0 Å². The highest BCUT2D eigenvalue weighted by Crippen LogP contribution is 2.39. The molecule has 0 aliphatic carbocycles. The van der Waals surface area contributed by atoms with Gasteiger partial charge in [-0.25, -0.2) is 14.4 Å². The maximum atomic E-state index is 13.2. The van der Waals surface area contributed by atoms with Gasteiger partial charge in [-0.1, -0.05) is 12.1 Å². The Hall–Kier alpha value is -2.86. The highest BCUT2D eigenvalue weighted by Gasteiger charge is 2.36. The van der Waals surface area contributed by atoms with E-state index in [9.17, 15) is 9.18 Å². The van der Waals surface area contributed by atoms with Crippen molar-refractivity contribution >= 4 is 0 Å². The molecule has 5 rings (SSSR count). The zero-order valence-corrected chi connectivity index (χ0v) is 15.5. The number of hydrogen-bond donors (Lipinski definition) is 0. The molecule has 2 atom stereocenters. The van der Waals surface area contributed by atoms with Gasteiger partial charge in [-0.05, 0) is 36.1 Å². The topological polar surface area (TPSA) is 51.0 Å². The molecular formula is C22H21FN4O. The van der Waals surface area contributed by atoms with Gasteiger partial charge < -0.3 is 4.57 Å². The van der Waals surface area contributed by atoms with E-state index in [4.69, 9.17) is 0 Å². The van der Waals surface area contributed by atoms with Gasteiger partial charge in [0, 0.05) is 67.4 Å². The van der Waals surface area contributed by atoms with Gasteiger partial charge in [0.05, 0.1) is 0 Å². The second-order valence-electron chi connectivity index (χ2n) is 7.83. The number of hydrogen-bond acceptors (Lipinski definition) is 4. The molecule has 0 N–H and O–H groups in total. The van der Waals surface area contributed by atoms with Crippen molar-refractivity contribution in [2.75, 3.05) is 13.1 Å². The molecule has 28 heavy (non-hydrogen) atoms. The fourth-order valence-corrected chi connectivity index (χ4v) is 4.77. The van der Waals surface area contributed by atoms with Crippen LogP contribution in [0, 0.1) is 11.7 Å². The molecule has 1 fully saturated rings. The van der Waals surface area contributed by atoms with Crippen molar-refractivity contribution in [2.24, 2.45) is 5.92 Å². The minimum Gasteiger partial charge on any atom is -0.311 e. The molecule has 3 aromatic rings. The van der Waals surface area contributed by atoms with Crippen LogP contribution in [0.4, 0.5) is 4.39 Å². The highest BCUT2D eigenvalue weighted by atomic mass is 19.1. The van der Waals surface area contributed by atoms with Gasteiger partial charge in [0.25, 0.3) is 5.56 Å². The number of fused-ring (bicyclic) bond motifs is 4. The van der Waals surface area contributed by atoms with E-state index in [0.717, 1.165) is 55.0 Å². The third-order valence-electron chi connectivity index (χ3n) is 5.86. The fraction of sp³-hybridized carbons (Fsp3) is 0.318. The van der Waals surface area contributed by atoms with Gasteiger partial charge in [0.1, 0.15) is 12.1 Å². The average molecular weight is 376 g/mol. The quantitative estimate of drug-likeness (QED) is 0.705. The van der Waals surface area contributed by atoms with Crippen LogP contribution in [0.15, 0.2) is 59.9 Å². The van der Waals surface area contributed by atoms with E-state index in [1.165, 1.54) is 18.5 Å². The first-order valence-electron chi connectivity index (χ1n) is 9.63. The Morgan fingerprint density at radius 3 is 2.57 bits per heavy atom.